The molecule has 0 radical (unpaired) electrons. The molecule has 7 heteroatoms. The molecular weight excluding hydrogens is 335 g/mol. The second-order valence-corrected chi connectivity index (χ2v) is 6.82. The molecule has 1 N–H and O–H groups in total. The molecule has 1 aromatic carbocycles. The first-order chi connectivity index (χ1) is 12.6. The van der Waals surface area contributed by atoms with Crippen molar-refractivity contribution in [2.45, 2.75) is 19.5 Å². The van der Waals surface area contributed by atoms with Crippen molar-refractivity contribution < 1.29 is 13.9 Å². The number of halogens is 1. The highest BCUT2D eigenvalue weighted by molar-refractivity contribution is 5.70. The molecule has 0 unspecified atom stereocenters. The molecule has 0 saturated carbocycles. The van der Waals surface area contributed by atoms with Gasteiger partial charge in [0.25, 0.3) is 0 Å². The van der Waals surface area contributed by atoms with Gasteiger partial charge in [0.05, 0.1) is 17.9 Å². The van der Waals surface area contributed by atoms with Crippen LogP contribution in [0.15, 0.2) is 36.5 Å². The van der Waals surface area contributed by atoms with Crippen LogP contribution >= 0.6 is 0 Å². The van der Waals surface area contributed by atoms with E-state index in [9.17, 15) is 9.18 Å². The molecule has 1 aromatic heterocycles. The zero-order valence-electron chi connectivity index (χ0n) is 14.6. The number of aryl methyl sites for hydroxylation is 1. The van der Waals surface area contributed by atoms with Crippen LogP contribution in [0, 0.1) is 12.7 Å². The number of piperazine rings is 1. The van der Waals surface area contributed by atoms with Gasteiger partial charge >= 0.3 is 6.09 Å². The first-order valence-electron chi connectivity index (χ1n) is 8.72. The van der Waals surface area contributed by atoms with Crippen molar-refractivity contribution in [2.75, 3.05) is 31.6 Å². The molecule has 2 saturated heterocycles. The maximum Gasteiger partial charge on any atom is 0.410 e. The first-order valence-corrected chi connectivity index (χ1v) is 8.72. The van der Waals surface area contributed by atoms with Gasteiger partial charge in [-0.05, 0) is 42.8 Å². The van der Waals surface area contributed by atoms with Crippen LogP contribution in [-0.4, -0.2) is 53.2 Å². The van der Waals surface area contributed by atoms with Crippen molar-refractivity contribution in [1.29, 1.82) is 0 Å². The zero-order valence-corrected chi connectivity index (χ0v) is 14.6. The molecular formula is C19H21FN4O2. The van der Waals surface area contributed by atoms with Crippen molar-refractivity contribution in [3.8, 4) is 0 Å². The summed E-state index contributed by atoms with van der Waals surface area (Å²) in [4.78, 5) is 19.8. The first kappa shape index (κ1) is 16.8. The Hall–Kier alpha value is -2.67. The zero-order chi connectivity index (χ0) is 18.1. The number of pyridine rings is 1. The van der Waals surface area contributed by atoms with E-state index in [1.807, 2.05) is 25.1 Å². The van der Waals surface area contributed by atoms with E-state index in [-0.39, 0.29) is 18.0 Å². The smallest absolute Gasteiger partial charge is 0.410 e. The summed E-state index contributed by atoms with van der Waals surface area (Å²) in [5.74, 6) is -0.275. The van der Waals surface area contributed by atoms with Crippen molar-refractivity contribution in [3.63, 3.8) is 0 Å². The molecule has 4 rings (SSSR count). The number of anilines is 2. The number of ether oxygens (including phenoxy) is 1. The average Bonchev–Trinajstić information content (AvgIpc) is 2.97. The summed E-state index contributed by atoms with van der Waals surface area (Å²) in [6.07, 6.45) is 1.51. The Balaban J connectivity index is 1.44. The Morgan fingerprint density at radius 2 is 2.15 bits per heavy atom. The number of benzene rings is 1. The van der Waals surface area contributed by atoms with Gasteiger partial charge in [-0.25, -0.2) is 9.18 Å². The summed E-state index contributed by atoms with van der Waals surface area (Å²) in [6, 6.07) is 8.91. The molecule has 2 aliphatic heterocycles. The third-order valence-electron chi connectivity index (χ3n) is 4.76. The third kappa shape index (κ3) is 3.62. The van der Waals surface area contributed by atoms with Gasteiger partial charge in [0.1, 0.15) is 12.4 Å². The monoisotopic (exact) mass is 356 g/mol. The largest absolute Gasteiger partial charge is 0.447 e. The number of nitrogens with zero attached hydrogens (tertiary/aromatic N) is 3. The van der Waals surface area contributed by atoms with Gasteiger partial charge in [0, 0.05) is 37.6 Å². The molecule has 136 valence electrons. The van der Waals surface area contributed by atoms with E-state index in [4.69, 9.17) is 4.74 Å². The Morgan fingerprint density at radius 3 is 2.96 bits per heavy atom. The van der Waals surface area contributed by atoms with Crippen molar-refractivity contribution in [1.82, 2.24) is 14.8 Å². The summed E-state index contributed by atoms with van der Waals surface area (Å²) in [7, 11) is 0. The highest BCUT2D eigenvalue weighted by atomic mass is 19.1. The molecule has 2 aliphatic rings. The van der Waals surface area contributed by atoms with Gasteiger partial charge in [-0.2, -0.15) is 0 Å². The quantitative estimate of drug-likeness (QED) is 0.913. The minimum absolute atomic E-state index is 0.0982. The molecule has 6 nitrogen and oxygen atoms in total. The average molecular weight is 356 g/mol. The van der Waals surface area contributed by atoms with Crippen molar-refractivity contribution >= 4 is 17.5 Å². The molecule has 0 spiro atoms. The Kier molecular flexibility index (Phi) is 4.46. The number of hydrogen-bond donors (Lipinski definition) is 1. The van der Waals surface area contributed by atoms with Crippen LogP contribution in [0.5, 0.6) is 0 Å². The molecule has 3 heterocycles. The van der Waals surface area contributed by atoms with Gasteiger partial charge in [0.15, 0.2) is 0 Å². The maximum absolute atomic E-state index is 14.1. The fourth-order valence-electron chi connectivity index (χ4n) is 3.48. The van der Waals surface area contributed by atoms with E-state index in [1.54, 1.807) is 17.2 Å². The Bertz CT molecular complexity index is 812. The fourth-order valence-corrected chi connectivity index (χ4v) is 3.48. The minimum atomic E-state index is -0.275. The molecule has 0 bridgehead atoms. The lowest BCUT2D eigenvalue weighted by Gasteiger charge is -2.35. The molecule has 0 aliphatic carbocycles. The number of cyclic esters (lactones) is 1. The lowest BCUT2D eigenvalue weighted by molar-refractivity contribution is 0.115. The topological polar surface area (TPSA) is 57.7 Å². The Morgan fingerprint density at radius 1 is 1.27 bits per heavy atom. The number of carbonyl (C=O) groups excluding carboxylic acids is 1. The second kappa shape index (κ2) is 6.92. The number of nitrogens with one attached hydrogen (secondary N) is 1. The number of aromatic nitrogens is 1. The van der Waals surface area contributed by atoms with E-state index >= 15 is 0 Å². The highest BCUT2D eigenvalue weighted by Gasteiger charge is 2.37. The summed E-state index contributed by atoms with van der Waals surface area (Å²) < 4.78 is 19.2. The minimum Gasteiger partial charge on any atom is -0.447 e. The van der Waals surface area contributed by atoms with Crippen LogP contribution in [0.25, 0.3) is 0 Å². The molecule has 26 heavy (non-hydrogen) atoms. The van der Waals surface area contributed by atoms with E-state index in [1.165, 1.54) is 6.07 Å². The van der Waals surface area contributed by atoms with E-state index < -0.39 is 0 Å². The van der Waals surface area contributed by atoms with Gasteiger partial charge in [-0.3, -0.25) is 14.8 Å². The van der Waals surface area contributed by atoms with Gasteiger partial charge in [-0.15, -0.1) is 0 Å². The summed E-state index contributed by atoms with van der Waals surface area (Å²) in [6.45, 7) is 5.15. The molecule has 1 atom stereocenters. The number of hydrogen-bond acceptors (Lipinski definition) is 5. The number of carbonyl (C=O) groups is 1. The number of fused-ring (bicyclic) bond motifs is 1. The predicted molar refractivity (Wildman–Crippen MR) is 95.8 cm³/mol. The number of amides is 1. The molecule has 1 amide bonds. The van der Waals surface area contributed by atoms with Gasteiger partial charge in [-0.1, -0.05) is 0 Å². The van der Waals surface area contributed by atoms with Crippen molar-refractivity contribution in [2.24, 2.45) is 0 Å². The number of rotatable bonds is 4. The second-order valence-electron chi connectivity index (χ2n) is 6.82. The van der Waals surface area contributed by atoms with E-state index in [0.717, 1.165) is 30.0 Å². The van der Waals surface area contributed by atoms with Crippen LogP contribution in [0.1, 0.15) is 11.3 Å². The lowest BCUT2D eigenvalue weighted by Crippen LogP contribution is -2.51. The van der Waals surface area contributed by atoms with Crippen LogP contribution in [0.3, 0.4) is 0 Å². The van der Waals surface area contributed by atoms with Crippen LogP contribution in [-0.2, 0) is 11.3 Å². The van der Waals surface area contributed by atoms with Crippen molar-refractivity contribution in [3.05, 3.63) is 53.6 Å². The normalized spacial score (nSPS) is 20.0. The molecule has 2 aromatic rings. The fraction of sp³-hybridized carbons (Fsp3) is 0.368. The van der Waals surface area contributed by atoms with Gasteiger partial charge in [0.2, 0.25) is 0 Å². The SMILES string of the molecule is Cc1ccc(Nc2cc(F)cc(CN3CCN4C(=O)OC[C@H]4C3)c2)cn1. The summed E-state index contributed by atoms with van der Waals surface area (Å²) in [5, 5.41) is 3.20. The summed E-state index contributed by atoms with van der Waals surface area (Å²) in [5.41, 5.74) is 3.35. The predicted octanol–water partition coefficient (Wildman–Crippen LogP) is 2.91. The van der Waals surface area contributed by atoms with Crippen LogP contribution in [0.4, 0.5) is 20.6 Å². The van der Waals surface area contributed by atoms with Crippen LogP contribution in [0.2, 0.25) is 0 Å². The van der Waals surface area contributed by atoms with Crippen LogP contribution < -0.4 is 5.32 Å². The lowest BCUT2D eigenvalue weighted by atomic mass is 10.1. The van der Waals surface area contributed by atoms with E-state index in [0.29, 0.717) is 25.4 Å². The standard InChI is InChI=1S/C19H21FN4O2/c1-13-2-3-16(9-21-13)22-17-7-14(6-15(20)8-17)10-23-4-5-24-18(11-23)12-26-19(24)25/h2-3,6-9,18,22H,4-5,10-12H2,1H3/t18-/m1/s1. The third-order valence-corrected chi connectivity index (χ3v) is 4.76. The van der Waals surface area contributed by atoms with E-state index in [2.05, 4.69) is 15.2 Å². The Labute approximate surface area is 151 Å². The maximum atomic E-state index is 14.1. The molecule has 2 fully saturated rings. The van der Waals surface area contributed by atoms with Gasteiger partial charge < -0.3 is 10.1 Å². The highest BCUT2D eigenvalue weighted by Crippen LogP contribution is 2.23. The summed E-state index contributed by atoms with van der Waals surface area (Å²) >= 11 is 0.